The Kier molecular flexibility index (Phi) is 7.29. The maximum Gasteiger partial charge on any atom is 0.113 e. The molecule has 1 fully saturated rings. The first-order chi connectivity index (χ1) is 16.4. The molecular weight excluding hydrogens is 410 g/mol. The molecule has 0 aliphatic carbocycles. The fraction of sp³-hybridized carbons (Fsp3) is 0.310. The van der Waals surface area contributed by atoms with E-state index in [2.05, 4.69) is 77.7 Å². The van der Waals surface area contributed by atoms with Crippen LogP contribution in [0.4, 0.5) is 0 Å². The first-order valence-corrected chi connectivity index (χ1v) is 11.7. The molecule has 33 heavy (non-hydrogen) atoms. The minimum absolute atomic E-state index is 0.0779. The Bertz CT molecular complexity index is 1010. The van der Waals surface area contributed by atoms with Crippen molar-refractivity contribution in [1.82, 2.24) is 4.90 Å². The summed E-state index contributed by atoms with van der Waals surface area (Å²) in [5, 5.41) is 0. The van der Waals surface area contributed by atoms with Crippen LogP contribution < -0.4 is 0 Å². The number of hydrogen-bond donors (Lipinski definition) is 0. The summed E-state index contributed by atoms with van der Waals surface area (Å²) in [6.45, 7) is 3.41. The van der Waals surface area contributed by atoms with E-state index in [1.807, 2.05) is 30.3 Å². The van der Waals surface area contributed by atoms with E-state index < -0.39 is 0 Å². The molecule has 3 aromatic carbocycles. The molecule has 4 heteroatoms. The average Bonchev–Trinajstić information content (AvgIpc) is 3.35. The number of benzene rings is 3. The molecule has 0 saturated carbocycles. The van der Waals surface area contributed by atoms with Crippen molar-refractivity contribution in [2.75, 3.05) is 13.1 Å². The lowest BCUT2D eigenvalue weighted by atomic mass is 9.94. The zero-order chi connectivity index (χ0) is 22.3. The van der Waals surface area contributed by atoms with Crippen molar-refractivity contribution in [2.45, 2.75) is 44.2 Å². The monoisotopic (exact) mass is 441 g/mol. The van der Waals surface area contributed by atoms with Crippen LogP contribution in [0.3, 0.4) is 0 Å². The third-order valence-corrected chi connectivity index (χ3v) is 6.41. The smallest absolute Gasteiger partial charge is 0.113 e. The Balaban J connectivity index is 1.35. The van der Waals surface area contributed by atoms with Gasteiger partial charge in [0.15, 0.2) is 0 Å². The first-order valence-electron chi connectivity index (χ1n) is 11.7. The molecule has 2 aliphatic rings. The fourth-order valence-corrected chi connectivity index (χ4v) is 4.69. The largest absolute Gasteiger partial charge is 0.369 e. The number of fused-ring (bicyclic) bond motifs is 1. The maximum absolute atomic E-state index is 6.57. The molecule has 4 nitrogen and oxygen atoms in total. The van der Waals surface area contributed by atoms with Crippen LogP contribution >= 0.6 is 0 Å². The molecule has 0 amide bonds. The second-order valence-corrected chi connectivity index (χ2v) is 8.73. The van der Waals surface area contributed by atoms with Gasteiger partial charge in [0.05, 0.1) is 32.0 Å². The number of piperidine rings is 1. The number of nitrogens with zero attached hydrogens (tertiary/aromatic N) is 1. The van der Waals surface area contributed by atoms with Gasteiger partial charge in [-0.15, -0.1) is 0 Å². The predicted molar refractivity (Wildman–Crippen MR) is 130 cm³/mol. The summed E-state index contributed by atoms with van der Waals surface area (Å²) in [5.41, 5.74) is 3.49. The van der Waals surface area contributed by atoms with Gasteiger partial charge in [-0.05, 0) is 16.7 Å². The molecule has 0 aromatic heterocycles. The molecule has 0 unspecified atom stereocenters. The van der Waals surface area contributed by atoms with E-state index in [9.17, 15) is 0 Å². The summed E-state index contributed by atoms with van der Waals surface area (Å²) in [4.78, 5) is 2.44. The van der Waals surface area contributed by atoms with Gasteiger partial charge in [0.25, 0.3) is 0 Å². The Hall–Kier alpha value is -2.76. The van der Waals surface area contributed by atoms with E-state index in [0.29, 0.717) is 19.8 Å². The molecule has 4 atom stereocenters. The topological polar surface area (TPSA) is 30.9 Å². The Morgan fingerprint density at radius 3 is 1.64 bits per heavy atom. The van der Waals surface area contributed by atoms with Crippen molar-refractivity contribution in [3.05, 3.63) is 120 Å². The molecule has 2 aliphatic heterocycles. The summed E-state index contributed by atoms with van der Waals surface area (Å²) in [5.74, 6) is 0. The van der Waals surface area contributed by atoms with Crippen LogP contribution in [0.5, 0.6) is 0 Å². The third-order valence-electron chi connectivity index (χ3n) is 6.41. The molecule has 0 spiro atoms. The highest BCUT2D eigenvalue weighted by Gasteiger charge is 2.46. The van der Waals surface area contributed by atoms with Crippen molar-refractivity contribution >= 4 is 0 Å². The van der Waals surface area contributed by atoms with Crippen molar-refractivity contribution in [2.24, 2.45) is 0 Å². The van der Waals surface area contributed by atoms with Gasteiger partial charge in [0.1, 0.15) is 12.2 Å². The van der Waals surface area contributed by atoms with E-state index in [1.165, 1.54) is 11.1 Å². The Morgan fingerprint density at radius 2 is 1.09 bits per heavy atom. The summed E-state index contributed by atoms with van der Waals surface area (Å²) < 4.78 is 19.6. The van der Waals surface area contributed by atoms with Crippen LogP contribution in [0.1, 0.15) is 16.7 Å². The Morgan fingerprint density at radius 1 is 0.606 bits per heavy atom. The molecule has 3 aromatic rings. The van der Waals surface area contributed by atoms with Crippen molar-refractivity contribution in [3.63, 3.8) is 0 Å². The SMILES string of the molecule is C1=C[C@H]2[C@@H](OCc3ccccc3)[C@H](OCc3ccccc3)[C@@H](OCc3ccccc3)CN2C1. The lowest BCUT2D eigenvalue weighted by Crippen LogP contribution is -2.61. The highest BCUT2D eigenvalue weighted by Crippen LogP contribution is 2.31. The van der Waals surface area contributed by atoms with Crippen molar-refractivity contribution in [1.29, 1.82) is 0 Å². The lowest BCUT2D eigenvalue weighted by molar-refractivity contribution is -0.193. The van der Waals surface area contributed by atoms with Gasteiger partial charge in [0, 0.05) is 13.1 Å². The normalized spacial score (nSPS) is 24.6. The summed E-state index contributed by atoms with van der Waals surface area (Å²) in [6, 6.07) is 31.2. The van der Waals surface area contributed by atoms with Gasteiger partial charge >= 0.3 is 0 Å². The molecule has 2 heterocycles. The van der Waals surface area contributed by atoms with Gasteiger partial charge < -0.3 is 14.2 Å². The minimum atomic E-state index is -0.165. The van der Waals surface area contributed by atoms with Gasteiger partial charge in [-0.25, -0.2) is 0 Å². The van der Waals surface area contributed by atoms with E-state index in [0.717, 1.165) is 18.7 Å². The number of rotatable bonds is 9. The average molecular weight is 442 g/mol. The van der Waals surface area contributed by atoms with E-state index in [-0.39, 0.29) is 24.4 Å². The Labute approximate surface area is 196 Å². The van der Waals surface area contributed by atoms with E-state index in [1.54, 1.807) is 0 Å². The molecule has 0 N–H and O–H groups in total. The zero-order valence-corrected chi connectivity index (χ0v) is 18.8. The highest BCUT2D eigenvalue weighted by atomic mass is 16.6. The molecular formula is C29H31NO3. The number of hydrogen-bond acceptors (Lipinski definition) is 4. The number of ether oxygens (including phenoxy) is 3. The first kappa shape index (κ1) is 22.1. The van der Waals surface area contributed by atoms with Crippen LogP contribution in [0, 0.1) is 0 Å². The van der Waals surface area contributed by atoms with Crippen LogP contribution in [0.25, 0.3) is 0 Å². The highest BCUT2D eigenvalue weighted by molar-refractivity contribution is 5.18. The van der Waals surface area contributed by atoms with Gasteiger partial charge in [-0.1, -0.05) is 103 Å². The van der Waals surface area contributed by atoms with Gasteiger partial charge in [0.2, 0.25) is 0 Å². The quantitative estimate of drug-likeness (QED) is 0.438. The van der Waals surface area contributed by atoms with Crippen molar-refractivity contribution in [3.8, 4) is 0 Å². The van der Waals surface area contributed by atoms with Crippen LogP contribution in [-0.4, -0.2) is 42.3 Å². The second kappa shape index (κ2) is 10.9. The van der Waals surface area contributed by atoms with E-state index in [4.69, 9.17) is 14.2 Å². The molecule has 5 rings (SSSR count). The minimum Gasteiger partial charge on any atom is -0.369 e. The zero-order valence-electron chi connectivity index (χ0n) is 18.8. The fourth-order valence-electron chi connectivity index (χ4n) is 4.69. The van der Waals surface area contributed by atoms with Crippen LogP contribution in [-0.2, 0) is 34.0 Å². The summed E-state index contributed by atoms with van der Waals surface area (Å²) in [7, 11) is 0. The molecule has 1 saturated heterocycles. The lowest BCUT2D eigenvalue weighted by Gasteiger charge is -2.45. The summed E-state index contributed by atoms with van der Waals surface area (Å²) in [6.07, 6.45) is 4.15. The standard InChI is InChI=1S/C29H31NO3/c1-4-11-23(12-5-1)20-31-27-19-30-18-10-17-26(30)28(32-21-24-13-6-2-7-14-24)29(27)33-22-25-15-8-3-9-16-25/h1-17,26-29H,18-22H2/t26-,27-,28+,29+/m0/s1. The van der Waals surface area contributed by atoms with Gasteiger partial charge in [-0.3, -0.25) is 4.90 Å². The van der Waals surface area contributed by atoms with Crippen molar-refractivity contribution < 1.29 is 14.2 Å². The third kappa shape index (κ3) is 5.60. The predicted octanol–water partition coefficient (Wildman–Crippen LogP) is 5.00. The maximum atomic E-state index is 6.57. The van der Waals surface area contributed by atoms with Crippen LogP contribution in [0.2, 0.25) is 0 Å². The van der Waals surface area contributed by atoms with Crippen LogP contribution in [0.15, 0.2) is 103 Å². The molecule has 0 bridgehead atoms. The molecule has 170 valence electrons. The second-order valence-electron chi connectivity index (χ2n) is 8.73. The van der Waals surface area contributed by atoms with Gasteiger partial charge in [-0.2, -0.15) is 0 Å². The molecule has 0 radical (unpaired) electrons. The summed E-state index contributed by atoms with van der Waals surface area (Å²) >= 11 is 0. The van der Waals surface area contributed by atoms with E-state index >= 15 is 0 Å².